The number of carbonyl (C=O) groups excluding carboxylic acids is 3. The topological polar surface area (TPSA) is 78.9 Å². The maximum Gasteiger partial charge on any atom is 0.307 e. The molecule has 0 bridgehead atoms. The molecule has 1 unspecified atom stereocenters. The Morgan fingerprint density at radius 2 is 1.23 bits per heavy atom. The van der Waals surface area contributed by atoms with Crippen LogP contribution in [0.1, 0.15) is 157 Å². The van der Waals surface area contributed by atoms with Gasteiger partial charge in [0.15, 0.2) is 0 Å². The van der Waals surface area contributed by atoms with Crippen molar-refractivity contribution in [3.8, 4) is 11.8 Å². The third kappa shape index (κ3) is 27.8. The quantitative estimate of drug-likeness (QED) is 0.0361. The van der Waals surface area contributed by atoms with Crippen molar-refractivity contribution in [2.24, 2.45) is 0 Å². The van der Waals surface area contributed by atoms with Crippen molar-refractivity contribution in [3.05, 3.63) is 35.1 Å². The second-order valence-electron chi connectivity index (χ2n) is 11.7. The van der Waals surface area contributed by atoms with E-state index in [2.05, 4.69) is 18.8 Å². The molecule has 0 aromatic carbocycles. The minimum atomic E-state index is -0.661. The predicted octanol–water partition coefficient (Wildman–Crippen LogP) is 9.87. The largest absolute Gasteiger partial charge is 0.465 e. The Bertz CT molecular complexity index is 926. The molecule has 0 heterocycles. The summed E-state index contributed by atoms with van der Waals surface area (Å²) in [6, 6.07) is 0. The second-order valence-corrected chi connectivity index (χ2v) is 11.7. The highest BCUT2D eigenvalue weighted by molar-refractivity contribution is 5.69. The Kier molecular flexibility index (Phi) is 26.2. The van der Waals surface area contributed by atoms with E-state index in [-0.39, 0.29) is 19.0 Å². The van der Waals surface area contributed by atoms with Gasteiger partial charge in [-0.1, -0.05) is 120 Å². The zero-order chi connectivity index (χ0) is 32.1. The van der Waals surface area contributed by atoms with Gasteiger partial charge in [0.25, 0.3) is 0 Å². The maximum atomic E-state index is 12.3. The third-order valence-electron chi connectivity index (χ3n) is 7.00. The van der Waals surface area contributed by atoms with Crippen LogP contribution in [0.5, 0.6) is 0 Å². The molecule has 6 nitrogen and oxygen atoms in total. The summed E-state index contributed by atoms with van der Waals surface area (Å²) in [7, 11) is 0. The SMILES string of the molecule is CCCCCCCCCCCCCCCCCC(=O)OCC/C(=C/OC(C)=O)C(C/C=C(\C)C#CC=C(C)C)OC(C)=O. The molecule has 0 fully saturated rings. The fourth-order valence-electron chi connectivity index (χ4n) is 4.55. The van der Waals surface area contributed by atoms with Crippen LogP contribution in [0.3, 0.4) is 0 Å². The van der Waals surface area contributed by atoms with Gasteiger partial charge in [-0.2, -0.15) is 0 Å². The molecule has 0 aliphatic heterocycles. The van der Waals surface area contributed by atoms with Gasteiger partial charge in [-0.3, -0.25) is 14.4 Å². The van der Waals surface area contributed by atoms with Crippen molar-refractivity contribution >= 4 is 17.9 Å². The van der Waals surface area contributed by atoms with E-state index in [1.165, 1.54) is 97.2 Å². The van der Waals surface area contributed by atoms with Crippen molar-refractivity contribution in [2.45, 2.75) is 163 Å². The van der Waals surface area contributed by atoms with E-state index in [1.54, 1.807) is 0 Å². The Morgan fingerprint density at radius 1 is 0.698 bits per heavy atom. The first kappa shape index (κ1) is 40.2. The minimum absolute atomic E-state index is 0.117. The molecule has 0 aromatic rings. The average Bonchev–Trinajstić information content (AvgIpc) is 2.94. The van der Waals surface area contributed by atoms with E-state index >= 15 is 0 Å². The summed E-state index contributed by atoms with van der Waals surface area (Å²) in [6.45, 7) is 10.8. The molecule has 1 atom stereocenters. The zero-order valence-corrected chi connectivity index (χ0v) is 28.2. The Labute approximate surface area is 263 Å². The van der Waals surface area contributed by atoms with Crippen LogP contribution < -0.4 is 0 Å². The van der Waals surface area contributed by atoms with Crippen LogP contribution in [-0.2, 0) is 28.6 Å². The van der Waals surface area contributed by atoms with Crippen molar-refractivity contribution < 1.29 is 28.6 Å². The predicted molar refractivity (Wildman–Crippen MR) is 176 cm³/mol. The first-order chi connectivity index (χ1) is 20.6. The number of hydrogen-bond acceptors (Lipinski definition) is 6. The zero-order valence-electron chi connectivity index (χ0n) is 28.2. The van der Waals surface area contributed by atoms with Crippen LogP contribution in [0.15, 0.2) is 35.1 Å². The molecule has 0 aliphatic rings. The molecular weight excluding hydrogens is 540 g/mol. The van der Waals surface area contributed by atoms with Gasteiger partial charge in [0.1, 0.15) is 6.10 Å². The summed E-state index contributed by atoms with van der Waals surface area (Å²) in [5, 5.41) is 0. The first-order valence-corrected chi connectivity index (χ1v) is 16.7. The number of ether oxygens (including phenoxy) is 3. The van der Waals surface area contributed by atoms with Crippen molar-refractivity contribution in [3.63, 3.8) is 0 Å². The van der Waals surface area contributed by atoms with Gasteiger partial charge < -0.3 is 14.2 Å². The molecule has 0 aliphatic carbocycles. The second kappa shape index (κ2) is 28.0. The molecule has 0 spiro atoms. The van der Waals surface area contributed by atoms with Gasteiger partial charge in [-0.15, -0.1) is 0 Å². The van der Waals surface area contributed by atoms with E-state index in [4.69, 9.17) is 14.2 Å². The molecule has 0 N–H and O–H groups in total. The fraction of sp³-hybridized carbons (Fsp3) is 0.703. The summed E-state index contributed by atoms with van der Waals surface area (Å²) < 4.78 is 16.1. The Balaban J connectivity index is 4.41. The molecule has 0 amide bonds. The number of carbonyl (C=O) groups is 3. The van der Waals surface area contributed by atoms with Crippen LogP contribution in [0.25, 0.3) is 0 Å². The number of allylic oxidation sites excluding steroid dienone is 3. The third-order valence-corrected chi connectivity index (χ3v) is 7.00. The molecule has 0 saturated carbocycles. The number of esters is 3. The fourth-order valence-corrected chi connectivity index (χ4v) is 4.55. The lowest BCUT2D eigenvalue weighted by molar-refractivity contribution is -0.146. The van der Waals surface area contributed by atoms with Crippen LogP contribution in [0.2, 0.25) is 0 Å². The highest BCUT2D eigenvalue weighted by Crippen LogP contribution is 2.19. The van der Waals surface area contributed by atoms with E-state index < -0.39 is 18.0 Å². The molecule has 0 radical (unpaired) electrons. The van der Waals surface area contributed by atoms with Crippen LogP contribution in [0, 0.1) is 11.8 Å². The first-order valence-electron chi connectivity index (χ1n) is 16.7. The van der Waals surface area contributed by atoms with Gasteiger partial charge in [0.05, 0.1) is 12.9 Å². The molecule has 0 aromatic heterocycles. The standard InChI is InChI=1S/C37H60O6/c1-7-8-9-10-11-12-13-14-15-16-17-18-19-20-21-25-37(40)41-29-28-35(30-42-33(5)38)36(43-34(6)39)27-26-32(4)24-22-23-31(2)3/h23,26,30,36H,7-21,25,27-29H2,1-6H3/b32-26+,35-30-. The minimum Gasteiger partial charge on any atom is -0.465 e. The van der Waals surface area contributed by atoms with E-state index in [1.807, 2.05) is 32.9 Å². The Hall–Kier alpha value is -2.81. The molecule has 0 rings (SSSR count). The lowest BCUT2D eigenvalue weighted by Crippen LogP contribution is -2.21. The lowest BCUT2D eigenvalue weighted by Gasteiger charge is -2.19. The van der Waals surface area contributed by atoms with Gasteiger partial charge >= 0.3 is 17.9 Å². The van der Waals surface area contributed by atoms with Crippen LogP contribution in [0.4, 0.5) is 0 Å². The highest BCUT2D eigenvalue weighted by Gasteiger charge is 2.18. The maximum absolute atomic E-state index is 12.3. The highest BCUT2D eigenvalue weighted by atomic mass is 16.6. The normalized spacial score (nSPS) is 12.1. The van der Waals surface area contributed by atoms with Gasteiger partial charge in [0, 0.05) is 38.7 Å². The summed E-state index contributed by atoms with van der Waals surface area (Å²) >= 11 is 0. The lowest BCUT2D eigenvalue weighted by atomic mass is 10.0. The van der Waals surface area contributed by atoms with Crippen LogP contribution in [-0.4, -0.2) is 30.6 Å². The Morgan fingerprint density at radius 3 is 1.72 bits per heavy atom. The summed E-state index contributed by atoms with van der Waals surface area (Å²) in [4.78, 5) is 35.5. The van der Waals surface area contributed by atoms with Gasteiger partial charge in [0.2, 0.25) is 0 Å². The molecule has 244 valence electrons. The summed E-state index contributed by atoms with van der Waals surface area (Å²) in [5.74, 6) is 4.85. The number of unbranched alkanes of at least 4 members (excludes halogenated alkanes) is 14. The van der Waals surface area contributed by atoms with Crippen LogP contribution >= 0.6 is 0 Å². The van der Waals surface area contributed by atoms with Crippen molar-refractivity contribution in [1.82, 2.24) is 0 Å². The number of hydrogen-bond donors (Lipinski definition) is 0. The number of rotatable bonds is 24. The molecule has 43 heavy (non-hydrogen) atoms. The van der Waals surface area contributed by atoms with Crippen molar-refractivity contribution in [2.75, 3.05) is 6.61 Å². The van der Waals surface area contributed by atoms with Gasteiger partial charge in [-0.25, -0.2) is 0 Å². The van der Waals surface area contributed by atoms with E-state index in [9.17, 15) is 14.4 Å². The monoisotopic (exact) mass is 600 g/mol. The summed E-state index contributed by atoms with van der Waals surface area (Å²) in [6.07, 6.45) is 24.6. The van der Waals surface area contributed by atoms with Crippen molar-refractivity contribution in [1.29, 1.82) is 0 Å². The van der Waals surface area contributed by atoms with E-state index in [0.717, 1.165) is 30.4 Å². The molecule has 6 heteroatoms. The van der Waals surface area contributed by atoms with E-state index in [0.29, 0.717) is 18.4 Å². The summed E-state index contributed by atoms with van der Waals surface area (Å²) in [5.41, 5.74) is 2.50. The molecular formula is C37H60O6. The average molecular weight is 601 g/mol. The smallest absolute Gasteiger partial charge is 0.307 e. The molecule has 0 saturated heterocycles. The van der Waals surface area contributed by atoms with Gasteiger partial charge in [-0.05, 0) is 38.8 Å².